The summed E-state index contributed by atoms with van der Waals surface area (Å²) in [6.45, 7) is 3.54. The van der Waals surface area contributed by atoms with Gasteiger partial charge in [-0.1, -0.05) is 30.3 Å². The lowest BCUT2D eigenvalue weighted by molar-refractivity contribution is 0.216. The molecule has 0 aliphatic heterocycles. The minimum absolute atomic E-state index is 0.481. The fourth-order valence-electron chi connectivity index (χ4n) is 1.79. The van der Waals surface area contributed by atoms with E-state index in [1.54, 1.807) is 0 Å². The van der Waals surface area contributed by atoms with Crippen LogP contribution in [0.25, 0.3) is 0 Å². The second-order valence-electron chi connectivity index (χ2n) is 4.33. The third-order valence-corrected chi connectivity index (χ3v) is 2.80. The van der Waals surface area contributed by atoms with Gasteiger partial charge in [-0.2, -0.15) is 0 Å². The summed E-state index contributed by atoms with van der Waals surface area (Å²) < 4.78 is 11.3. The van der Waals surface area contributed by atoms with E-state index in [-0.39, 0.29) is 0 Å². The maximum atomic E-state index is 5.73. The average molecular weight is 257 g/mol. The maximum Gasteiger partial charge on any atom is 0.124 e. The third kappa shape index (κ3) is 4.00. The van der Waals surface area contributed by atoms with Gasteiger partial charge in [-0.25, -0.2) is 0 Å². The Hall–Kier alpha value is -2.00. The molecule has 0 radical (unpaired) electrons. The van der Waals surface area contributed by atoms with Crippen LogP contribution < -0.4 is 15.2 Å². The highest BCUT2D eigenvalue weighted by Crippen LogP contribution is 2.19. The fraction of sp³-hybridized carbons (Fsp3) is 0.250. The van der Waals surface area contributed by atoms with Crippen molar-refractivity contribution in [3.8, 4) is 11.5 Å². The summed E-state index contributed by atoms with van der Waals surface area (Å²) in [6, 6.07) is 15.8. The highest BCUT2D eigenvalue weighted by atomic mass is 16.5. The molecule has 0 fully saturated rings. The summed E-state index contributed by atoms with van der Waals surface area (Å²) in [5, 5.41) is 0. The first-order valence-electron chi connectivity index (χ1n) is 6.40. The average Bonchev–Trinajstić information content (AvgIpc) is 2.45. The maximum absolute atomic E-state index is 5.73. The normalized spacial score (nSPS) is 10.2. The number of ether oxygens (including phenoxy) is 2. The second kappa shape index (κ2) is 6.81. The van der Waals surface area contributed by atoms with Crippen molar-refractivity contribution in [2.75, 3.05) is 13.2 Å². The fourth-order valence-corrected chi connectivity index (χ4v) is 1.79. The van der Waals surface area contributed by atoms with Crippen molar-refractivity contribution in [2.45, 2.75) is 13.5 Å². The molecule has 19 heavy (non-hydrogen) atoms. The topological polar surface area (TPSA) is 44.5 Å². The van der Waals surface area contributed by atoms with E-state index in [9.17, 15) is 0 Å². The molecule has 0 atom stereocenters. The van der Waals surface area contributed by atoms with Crippen molar-refractivity contribution in [3.05, 3.63) is 59.7 Å². The number of rotatable bonds is 6. The minimum Gasteiger partial charge on any atom is -0.490 e. The summed E-state index contributed by atoms with van der Waals surface area (Å²) in [7, 11) is 0. The van der Waals surface area contributed by atoms with Crippen molar-refractivity contribution < 1.29 is 9.47 Å². The van der Waals surface area contributed by atoms with Crippen LogP contribution in [0.1, 0.15) is 11.1 Å². The van der Waals surface area contributed by atoms with Gasteiger partial charge in [0.2, 0.25) is 0 Å². The van der Waals surface area contributed by atoms with Gasteiger partial charge < -0.3 is 15.2 Å². The summed E-state index contributed by atoms with van der Waals surface area (Å²) >= 11 is 0. The van der Waals surface area contributed by atoms with E-state index in [2.05, 4.69) is 0 Å². The largest absolute Gasteiger partial charge is 0.490 e. The number of nitrogens with two attached hydrogens (primary N) is 1. The Kier molecular flexibility index (Phi) is 4.81. The number of hydrogen-bond donors (Lipinski definition) is 1. The SMILES string of the molecule is Cc1ccc(CN)c(OCCOc2ccccc2)c1. The zero-order valence-electron chi connectivity index (χ0n) is 11.1. The molecule has 0 bridgehead atoms. The minimum atomic E-state index is 0.481. The zero-order chi connectivity index (χ0) is 13.5. The molecule has 0 heterocycles. The molecular weight excluding hydrogens is 238 g/mol. The lowest BCUT2D eigenvalue weighted by atomic mass is 10.1. The number of aryl methyl sites for hydroxylation is 1. The van der Waals surface area contributed by atoms with Crippen molar-refractivity contribution in [2.24, 2.45) is 5.73 Å². The Labute approximate surface area is 114 Å². The van der Waals surface area contributed by atoms with Gasteiger partial charge in [0.25, 0.3) is 0 Å². The molecular formula is C16H19NO2. The molecule has 0 amide bonds. The Morgan fingerprint density at radius 3 is 2.42 bits per heavy atom. The second-order valence-corrected chi connectivity index (χ2v) is 4.33. The van der Waals surface area contributed by atoms with Crippen LogP contribution in [0.2, 0.25) is 0 Å². The first-order valence-corrected chi connectivity index (χ1v) is 6.40. The van der Waals surface area contributed by atoms with E-state index in [0.717, 1.165) is 22.6 Å². The molecule has 0 saturated heterocycles. The molecule has 0 aliphatic rings. The van der Waals surface area contributed by atoms with Crippen LogP contribution in [0.5, 0.6) is 11.5 Å². The van der Waals surface area contributed by atoms with Gasteiger partial charge >= 0.3 is 0 Å². The van der Waals surface area contributed by atoms with Crippen molar-refractivity contribution in [1.82, 2.24) is 0 Å². The van der Waals surface area contributed by atoms with Gasteiger partial charge in [0.15, 0.2) is 0 Å². The molecule has 3 nitrogen and oxygen atoms in total. The summed E-state index contributed by atoms with van der Waals surface area (Å²) in [4.78, 5) is 0. The molecule has 0 unspecified atom stereocenters. The molecule has 2 N–H and O–H groups in total. The molecule has 3 heteroatoms. The first-order chi connectivity index (χ1) is 9.29. The molecule has 0 spiro atoms. The van der Waals surface area contributed by atoms with Gasteiger partial charge in [-0.3, -0.25) is 0 Å². The standard InChI is InChI=1S/C16H19NO2/c1-13-7-8-14(12-17)16(11-13)19-10-9-18-15-5-3-2-4-6-15/h2-8,11H,9-10,12,17H2,1H3. The Morgan fingerprint density at radius 2 is 1.68 bits per heavy atom. The van der Waals surface area contributed by atoms with Crippen molar-refractivity contribution in [1.29, 1.82) is 0 Å². The molecule has 0 aromatic heterocycles. The van der Waals surface area contributed by atoms with Crippen LogP contribution in [-0.4, -0.2) is 13.2 Å². The van der Waals surface area contributed by atoms with Gasteiger partial charge in [0.1, 0.15) is 24.7 Å². The number of benzene rings is 2. The predicted molar refractivity (Wildman–Crippen MR) is 76.5 cm³/mol. The van der Waals surface area contributed by atoms with Gasteiger partial charge in [0, 0.05) is 12.1 Å². The Balaban J connectivity index is 1.84. The number of para-hydroxylation sites is 1. The molecule has 0 aliphatic carbocycles. The molecule has 2 aromatic carbocycles. The van der Waals surface area contributed by atoms with Crippen LogP contribution in [-0.2, 0) is 6.54 Å². The Morgan fingerprint density at radius 1 is 0.947 bits per heavy atom. The quantitative estimate of drug-likeness (QED) is 0.809. The van der Waals surface area contributed by atoms with Crippen LogP contribution in [0.3, 0.4) is 0 Å². The summed E-state index contributed by atoms with van der Waals surface area (Å²) in [5.74, 6) is 1.70. The molecule has 2 aromatic rings. The third-order valence-electron chi connectivity index (χ3n) is 2.80. The van der Waals surface area contributed by atoms with Crippen LogP contribution in [0, 0.1) is 6.92 Å². The van der Waals surface area contributed by atoms with E-state index >= 15 is 0 Å². The van der Waals surface area contributed by atoms with Crippen molar-refractivity contribution >= 4 is 0 Å². The zero-order valence-corrected chi connectivity index (χ0v) is 11.1. The van der Waals surface area contributed by atoms with E-state index in [1.807, 2.05) is 55.5 Å². The van der Waals surface area contributed by atoms with E-state index < -0.39 is 0 Å². The molecule has 2 rings (SSSR count). The van der Waals surface area contributed by atoms with E-state index in [4.69, 9.17) is 15.2 Å². The summed E-state index contributed by atoms with van der Waals surface area (Å²) in [5.41, 5.74) is 7.87. The van der Waals surface area contributed by atoms with E-state index in [1.165, 1.54) is 0 Å². The highest BCUT2D eigenvalue weighted by molar-refractivity contribution is 5.37. The van der Waals surface area contributed by atoms with E-state index in [0.29, 0.717) is 19.8 Å². The first kappa shape index (κ1) is 13.4. The number of hydrogen-bond acceptors (Lipinski definition) is 3. The van der Waals surface area contributed by atoms with Gasteiger partial charge in [-0.15, -0.1) is 0 Å². The lowest BCUT2D eigenvalue weighted by Gasteiger charge is -2.12. The van der Waals surface area contributed by atoms with Crippen LogP contribution >= 0.6 is 0 Å². The lowest BCUT2D eigenvalue weighted by Crippen LogP contribution is -2.11. The smallest absolute Gasteiger partial charge is 0.124 e. The predicted octanol–water partition coefficient (Wildman–Crippen LogP) is 2.91. The highest BCUT2D eigenvalue weighted by Gasteiger charge is 2.02. The van der Waals surface area contributed by atoms with Crippen molar-refractivity contribution in [3.63, 3.8) is 0 Å². The van der Waals surface area contributed by atoms with Gasteiger partial charge in [0.05, 0.1) is 0 Å². The van der Waals surface area contributed by atoms with Gasteiger partial charge in [-0.05, 0) is 30.7 Å². The monoisotopic (exact) mass is 257 g/mol. The molecule has 100 valence electrons. The molecule has 0 saturated carbocycles. The Bertz CT molecular complexity index is 511. The van der Waals surface area contributed by atoms with Crippen LogP contribution in [0.4, 0.5) is 0 Å². The van der Waals surface area contributed by atoms with Crippen LogP contribution in [0.15, 0.2) is 48.5 Å². The summed E-state index contributed by atoms with van der Waals surface area (Å²) in [6.07, 6.45) is 0.